The number of esters is 1. The van der Waals surface area contributed by atoms with E-state index >= 15 is 0 Å². The van der Waals surface area contributed by atoms with Crippen molar-refractivity contribution < 1.29 is 19.1 Å². The number of ether oxygens (including phenoxy) is 1. The quantitative estimate of drug-likeness (QED) is 0.505. The van der Waals surface area contributed by atoms with Gasteiger partial charge in [0.15, 0.2) is 0 Å². The lowest BCUT2D eigenvalue weighted by molar-refractivity contribution is -0.116. The molecule has 0 saturated carbocycles. The van der Waals surface area contributed by atoms with Gasteiger partial charge in [-0.25, -0.2) is 9.78 Å². The Hall–Kier alpha value is -4.03. The van der Waals surface area contributed by atoms with E-state index in [2.05, 4.69) is 15.6 Å². The average Bonchev–Trinajstić information content (AvgIpc) is 3.21. The van der Waals surface area contributed by atoms with E-state index in [0.717, 1.165) is 11.3 Å². The van der Waals surface area contributed by atoms with Crippen molar-refractivity contribution in [2.45, 2.75) is 26.4 Å². The largest absolute Gasteiger partial charge is 0.456 e. The first-order chi connectivity index (χ1) is 15.4. The number of carbonyl (C=O) groups excluding carboxylic acids is 3. The summed E-state index contributed by atoms with van der Waals surface area (Å²) in [5.41, 5.74) is 3.10. The van der Waals surface area contributed by atoms with Gasteiger partial charge in [0.25, 0.3) is 0 Å². The molecule has 162 valence electrons. The molecule has 0 aliphatic rings. The Morgan fingerprint density at radius 1 is 1.06 bits per heavy atom. The van der Waals surface area contributed by atoms with E-state index in [-0.39, 0.29) is 25.4 Å². The predicted molar refractivity (Wildman–Crippen MR) is 120 cm³/mol. The van der Waals surface area contributed by atoms with Crippen molar-refractivity contribution in [3.05, 3.63) is 75.7 Å². The van der Waals surface area contributed by atoms with Crippen molar-refractivity contribution in [3.63, 3.8) is 0 Å². The number of benzene rings is 2. The molecule has 0 radical (unpaired) electrons. The average molecular weight is 449 g/mol. The third-order valence-corrected chi connectivity index (χ3v) is 5.22. The first-order valence-corrected chi connectivity index (χ1v) is 10.6. The first-order valence-electron chi connectivity index (χ1n) is 9.67. The summed E-state index contributed by atoms with van der Waals surface area (Å²) in [6.07, 6.45) is -0.112. The summed E-state index contributed by atoms with van der Waals surface area (Å²) in [7, 11) is 0. The summed E-state index contributed by atoms with van der Waals surface area (Å²) in [6, 6.07) is 15.4. The normalized spacial score (nSPS) is 10.1. The molecule has 3 aromatic rings. The van der Waals surface area contributed by atoms with Crippen molar-refractivity contribution in [2.75, 3.05) is 10.6 Å². The monoisotopic (exact) mass is 448 g/mol. The summed E-state index contributed by atoms with van der Waals surface area (Å²) in [5.74, 6) is -1.12. The summed E-state index contributed by atoms with van der Waals surface area (Å²) >= 11 is 1.33. The second-order valence-electron chi connectivity index (χ2n) is 6.81. The minimum atomic E-state index is -0.535. The molecule has 3 rings (SSSR count). The van der Waals surface area contributed by atoms with Crippen molar-refractivity contribution in [2.24, 2.45) is 0 Å². The Balaban J connectivity index is 1.48. The first kappa shape index (κ1) is 22.7. The number of para-hydroxylation sites is 1. The third-order valence-electron chi connectivity index (χ3n) is 4.33. The van der Waals surface area contributed by atoms with E-state index in [4.69, 9.17) is 10.00 Å². The number of carbonyl (C=O) groups is 3. The third kappa shape index (κ3) is 6.48. The SMILES string of the molecule is Cc1ccccc1NC(=O)Cc1nc(COC(=O)c2ccc(NC(=O)CC#N)cc2)cs1. The Bertz CT molecular complexity index is 1170. The van der Waals surface area contributed by atoms with E-state index in [9.17, 15) is 14.4 Å². The number of nitriles is 1. The molecular formula is C23H20N4O4S. The zero-order chi connectivity index (χ0) is 22.9. The van der Waals surface area contributed by atoms with Crippen LogP contribution in [0.15, 0.2) is 53.9 Å². The minimum absolute atomic E-state index is 0.0184. The number of nitrogens with zero attached hydrogens (tertiary/aromatic N) is 2. The van der Waals surface area contributed by atoms with Gasteiger partial charge in [-0.05, 0) is 42.8 Å². The maximum absolute atomic E-state index is 12.3. The van der Waals surface area contributed by atoms with Crippen LogP contribution in [0.5, 0.6) is 0 Å². The fourth-order valence-electron chi connectivity index (χ4n) is 2.73. The predicted octanol–water partition coefficient (Wildman–Crippen LogP) is 3.84. The standard InChI is InChI=1S/C23H20N4O4S/c1-15-4-2-3-5-19(15)27-21(29)12-22-26-18(14-32-22)13-31-23(30)16-6-8-17(9-7-16)25-20(28)10-11-24/h2-9,14H,10,12-13H2,1H3,(H,25,28)(H,27,29). The highest BCUT2D eigenvalue weighted by Crippen LogP contribution is 2.17. The van der Waals surface area contributed by atoms with Crippen LogP contribution in [-0.2, 0) is 27.4 Å². The van der Waals surface area contributed by atoms with Crippen LogP contribution in [0.25, 0.3) is 0 Å². The molecule has 0 unspecified atom stereocenters. The molecule has 0 aliphatic carbocycles. The molecule has 0 saturated heterocycles. The van der Waals surface area contributed by atoms with Gasteiger partial charge in [0, 0.05) is 16.8 Å². The molecule has 0 fully saturated rings. The zero-order valence-electron chi connectivity index (χ0n) is 17.3. The van der Waals surface area contributed by atoms with Gasteiger partial charge in [-0.2, -0.15) is 5.26 Å². The summed E-state index contributed by atoms with van der Waals surface area (Å²) in [6.45, 7) is 1.90. The molecule has 1 aromatic heterocycles. The number of aryl methyl sites for hydroxylation is 1. The van der Waals surface area contributed by atoms with Gasteiger partial charge in [0.2, 0.25) is 11.8 Å². The molecule has 0 bridgehead atoms. The molecule has 1 heterocycles. The van der Waals surface area contributed by atoms with Crippen molar-refractivity contribution >= 4 is 40.5 Å². The molecule has 32 heavy (non-hydrogen) atoms. The van der Waals surface area contributed by atoms with Crippen molar-refractivity contribution in [1.29, 1.82) is 5.26 Å². The van der Waals surface area contributed by atoms with Gasteiger partial charge >= 0.3 is 5.97 Å². The van der Waals surface area contributed by atoms with Crippen LogP contribution < -0.4 is 10.6 Å². The highest BCUT2D eigenvalue weighted by atomic mass is 32.1. The van der Waals surface area contributed by atoms with Gasteiger partial charge < -0.3 is 15.4 Å². The van der Waals surface area contributed by atoms with E-state index in [0.29, 0.717) is 22.0 Å². The number of amides is 2. The second kappa shape index (κ2) is 10.8. The molecule has 2 amide bonds. The zero-order valence-corrected chi connectivity index (χ0v) is 18.1. The van der Waals surface area contributed by atoms with Gasteiger partial charge in [-0.1, -0.05) is 18.2 Å². The summed E-state index contributed by atoms with van der Waals surface area (Å²) in [5, 5.41) is 16.3. The van der Waals surface area contributed by atoms with E-state index < -0.39 is 11.9 Å². The maximum Gasteiger partial charge on any atom is 0.338 e. The number of hydrogen-bond acceptors (Lipinski definition) is 7. The van der Waals surface area contributed by atoms with Crippen LogP contribution >= 0.6 is 11.3 Å². The van der Waals surface area contributed by atoms with Gasteiger partial charge in [-0.15, -0.1) is 11.3 Å². The van der Waals surface area contributed by atoms with Crippen LogP contribution in [0.2, 0.25) is 0 Å². The van der Waals surface area contributed by atoms with Crippen molar-refractivity contribution in [3.8, 4) is 6.07 Å². The topological polar surface area (TPSA) is 121 Å². The van der Waals surface area contributed by atoms with E-state index in [1.807, 2.05) is 31.2 Å². The number of thiazole rings is 1. The van der Waals surface area contributed by atoms with E-state index in [1.165, 1.54) is 23.5 Å². The van der Waals surface area contributed by atoms with Gasteiger partial charge in [0.1, 0.15) is 18.0 Å². The van der Waals surface area contributed by atoms with Crippen LogP contribution in [0.1, 0.15) is 33.0 Å². The smallest absolute Gasteiger partial charge is 0.338 e. The molecule has 2 N–H and O–H groups in total. The molecule has 0 spiro atoms. The maximum atomic E-state index is 12.3. The lowest BCUT2D eigenvalue weighted by Gasteiger charge is -2.07. The Kier molecular flexibility index (Phi) is 7.67. The highest BCUT2D eigenvalue weighted by Gasteiger charge is 2.12. The Morgan fingerprint density at radius 2 is 1.81 bits per heavy atom. The Morgan fingerprint density at radius 3 is 2.53 bits per heavy atom. The number of nitrogens with one attached hydrogen (secondary N) is 2. The summed E-state index contributed by atoms with van der Waals surface area (Å²) < 4.78 is 5.28. The van der Waals surface area contributed by atoms with Gasteiger partial charge in [-0.3, -0.25) is 9.59 Å². The molecule has 2 aromatic carbocycles. The molecule has 0 aliphatic heterocycles. The summed E-state index contributed by atoms with van der Waals surface area (Å²) in [4.78, 5) is 40.2. The number of anilines is 2. The molecular weight excluding hydrogens is 428 g/mol. The van der Waals surface area contributed by atoms with Gasteiger partial charge in [0.05, 0.1) is 23.7 Å². The molecule has 0 atom stereocenters. The molecule has 8 nitrogen and oxygen atoms in total. The van der Waals surface area contributed by atoms with E-state index in [1.54, 1.807) is 23.6 Å². The number of aromatic nitrogens is 1. The van der Waals surface area contributed by atoms with Crippen LogP contribution in [0.3, 0.4) is 0 Å². The lowest BCUT2D eigenvalue weighted by Crippen LogP contribution is -2.15. The fourth-order valence-corrected chi connectivity index (χ4v) is 3.51. The van der Waals surface area contributed by atoms with Crippen LogP contribution in [0.4, 0.5) is 11.4 Å². The minimum Gasteiger partial charge on any atom is -0.456 e. The lowest BCUT2D eigenvalue weighted by atomic mass is 10.2. The number of rotatable bonds is 8. The molecule has 9 heteroatoms. The highest BCUT2D eigenvalue weighted by molar-refractivity contribution is 7.09. The number of hydrogen-bond donors (Lipinski definition) is 2. The second-order valence-corrected chi connectivity index (χ2v) is 7.75. The Labute approximate surface area is 188 Å². The van der Waals surface area contributed by atoms with Crippen LogP contribution in [0, 0.1) is 18.3 Å². The van der Waals surface area contributed by atoms with Crippen molar-refractivity contribution in [1.82, 2.24) is 4.98 Å². The fraction of sp³-hybridized carbons (Fsp3) is 0.174. The van der Waals surface area contributed by atoms with Crippen LogP contribution in [-0.4, -0.2) is 22.8 Å².